The van der Waals surface area contributed by atoms with Crippen LogP contribution < -0.4 is 9.46 Å². The smallest absolute Gasteiger partial charge is 0.257 e. The van der Waals surface area contributed by atoms with Crippen molar-refractivity contribution in [2.24, 2.45) is 0 Å². The predicted octanol–water partition coefficient (Wildman–Crippen LogP) is 5.21. The zero-order valence-electron chi connectivity index (χ0n) is 15.9. The SMILES string of the molecule is O=C1C=C(c2ccc(O[C@@H]3CCc4c(-c5ccc(Cl)cc5)cccc43)cc2)S(=O)N1. The van der Waals surface area contributed by atoms with E-state index in [9.17, 15) is 9.00 Å². The lowest BCUT2D eigenvalue weighted by atomic mass is 9.97. The summed E-state index contributed by atoms with van der Waals surface area (Å²) in [6.45, 7) is 0. The Hall–Kier alpha value is -2.89. The third-order valence-corrected chi connectivity index (χ3v) is 6.83. The lowest BCUT2D eigenvalue weighted by Gasteiger charge is -2.16. The zero-order valence-corrected chi connectivity index (χ0v) is 17.5. The van der Waals surface area contributed by atoms with E-state index < -0.39 is 11.0 Å². The summed E-state index contributed by atoms with van der Waals surface area (Å²) >= 11 is 6.04. The number of carbonyl (C=O) groups excluding carboxylic acids is 1. The van der Waals surface area contributed by atoms with E-state index >= 15 is 0 Å². The van der Waals surface area contributed by atoms with E-state index in [1.807, 2.05) is 48.5 Å². The van der Waals surface area contributed by atoms with Gasteiger partial charge in [0.1, 0.15) is 11.9 Å². The predicted molar refractivity (Wildman–Crippen MR) is 119 cm³/mol. The minimum Gasteiger partial charge on any atom is -0.486 e. The molecule has 2 atom stereocenters. The Morgan fingerprint density at radius 2 is 1.70 bits per heavy atom. The molecule has 1 heterocycles. The molecule has 2 aliphatic rings. The maximum atomic E-state index is 11.9. The van der Waals surface area contributed by atoms with Crippen LogP contribution in [0.2, 0.25) is 5.02 Å². The highest BCUT2D eigenvalue weighted by Gasteiger charge is 2.27. The number of fused-ring (bicyclic) bond motifs is 1. The Morgan fingerprint density at radius 1 is 0.967 bits per heavy atom. The molecule has 30 heavy (non-hydrogen) atoms. The number of hydrogen-bond donors (Lipinski definition) is 1. The molecule has 0 saturated heterocycles. The van der Waals surface area contributed by atoms with Crippen molar-refractivity contribution in [2.45, 2.75) is 18.9 Å². The molecule has 3 aromatic carbocycles. The van der Waals surface area contributed by atoms with Gasteiger partial charge >= 0.3 is 0 Å². The van der Waals surface area contributed by atoms with Gasteiger partial charge in [-0.2, -0.15) is 0 Å². The molecule has 4 nitrogen and oxygen atoms in total. The van der Waals surface area contributed by atoms with Gasteiger partial charge in [0, 0.05) is 11.1 Å². The van der Waals surface area contributed by atoms with E-state index in [1.165, 1.54) is 22.8 Å². The first-order chi connectivity index (χ1) is 14.6. The third-order valence-electron chi connectivity index (χ3n) is 5.44. The van der Waals surface area contributed by atoms with E-state index in [2.05, 4.69) is 22.9 Å². The summed E-state index contributed by atoms with van der Waals surface area (Å²) < 4.78 is 20.6. The average Bonchev–Trinajstić information content (AvgIpc) is 3.31. The van der Waals surface area contributed by atoms with Crippen molar-refractivity contribution < 1.29 is 13.7 Å². The molecule has 1 amide bonds. The van der Waals surface area contributed by atoms with Crippen LogP contribution in [0.5, 0.6) is 5.75 Å². The highest BCUT2D eigenvalue weighted by atomic mass is 35.5. The Balaban J connectivity index is 1.38. The van der Waals surface area contributed by atoms with Gasteiger partial charge < -0.3 is 4.74 Å². The lowest BCUT2D eigenvalue weighted by molar-refractivity contribution is -0.114. The van der Waals surface area contributed by atoms with Gasteiger partial charge in [0.05, 0.1) is 4.91 Å². The second kappa shape index (κ2) is 7.74. The fourth-order valence-electron chi connectivity index (χ4n) is 4.04. The largest absolute Gasteiger partial charge is 0.486 e. The minimum atomic E-state index is -1.49. The van der Waals surface area contributed by atoms with Crippen LogP contribution in [0.1, 0.15) is 29.2 Å². The van der Waals surface area contributed by atoms with Gasteiger partial charge in [0.25, 0.3) is 5.91 Å². The van der Waals surface area contributed by atoms with Gasteiger partial charge in [-0.1, -0.05) is 54.1 Å². The topological polar surface area (TPSA) is 55.4 Å². The van der Waals surface area contributed by atoms with Crippen molar-refractivity contribution >= 4 is 33.4 Å². The van der Waals surface area contributed by atoms with Crippen LogP contribution in [-0.4, -0.2) is 10.1 Å². The Morgan fingerprint density at radius 3 is 2.40 bits per heavy atom. The molecule has 3 aromatic rings. The molecule has 0 saturated carbocycles. The summed E-state index contributed by atoms with van der Waals surface area (Å²) in [5, 5.41) is 0.730. The molecule has 0 radical (unpaired) electrons. The number of nitrogens with one attached hydrogen (secondary N) is 1. The van der Waals surface area contributed by atoms with Crippen LogP contribution in [0.15, 0.2) is 72.8 Å². The van der Waals surface area contributed by atoms with Crippen molar-refractivity contribution in [3.05, 3.63) is 94.5 Å². The van der Waals surface area contributed by atoms with Gasteiger partial charge in [-0.05, 0) is 64.9 Å². The molecule has 0 fully saturated rings. The van der Waals surface area contributed by atoms with E-state index in [-0.39, 0.29) is 12.0 Å². The number of rotatable bonds is 4. The van der Waals surface area contributed by atoms with Gasteiger partial charge in [-0.15, -0.1) is 0 Å². The van der Waals surface area contributed by atoms with E-state index in [0.29, 0.717) is 4.91 Å². The Kier molecular flexibility index (Phi) is 4.93. The van der Waals surface area contributed by atoms with E-state index in [4.69, 9.17) is 16.3 Å². The number of benzene rings is 3. The summed E-state index contributed by atoms with van der Waals surface area (Å²) in [6.07, 6.45) is 3.23. The molecular weight excluding hydrogens is 418 g/mol. The Labute approximate surface area is 182 Å². The molecule has 1 aliphatic carbocycles. The second-order valence-electron chi connectivity index (χ2n) is 7.29. The van der Waals surface area contributed by atoms with Crippen molar-refractivity contribution in [3.63, 3.8) is 0 Å². The van der Waals surface area contributed by atoms with E-state index in [1.54, 1.807) is 0 Å². The van der Waals surface area contributed by atoms with Crippen molar-refractivity contribution in [3.8, 4) is 16.9 Å². The third kappa shape index (κ3) is 3.55. The summed E-state index contributed by atoms with van der Waals surface area (Å²) in [5.74, 6) is 0.417. The molecule has 1 N–H and O–H groups in total. The first-order valence-electron chi connectivity index (χ1n) is 9.67. The summed E-state index contributed by atoms with van der Waals surface area (Å²) in [5.41, 5.74) is 5.65. The minimum absolute atomic E-state index is 0.0128. The summed E-state index contributed by atoms with van der Waals surface area (Å²) in [6, 6.07) is 21.6. The fraction of sp³-hybridized carbons (Fsp3) is 0.125. The van der Waals surface area contributed by atoms with Crippen LogP contribution in [0.25, 0.3) is 16.0 Å². The standard InChI is InChI=1S/C24H18ClNO3S/c25-17-8-4-15(5-9-17)19-2-1-3-21-20(19)12-13-22(21)29-18-10-6-16(7-11-18)23-14-24(27)26-30(23)28/h1-11,14,22H,12-13H2,(H,26,27)/t22-,30?/m1/s1. The quantitative estimate of drug-likeness (QED) is 0.612. The first kappa shape index (κ1) is 19.1. The molecule has 0 bridgehead atoms. The molecule has 0 spiro atoms. The van der Waals surface area contributed by atoms with Crippen LogP contribution in [-0.2, 0) is 22.2 Å². The van der Waals surface area contributed by atoms with Crippen LogP contribution >= 0.6 is 11.6 Å². The van der Waals surface area contributed by atoms with Crippen LogP contribution in [0.4, 0.5) is 0 Å². The number of halogens is 1. The zero-order chi connectivity index (χ0) is 20.7. The highest BCUT2D eigenvalue weighted by molar-refractivity contribution is 7.93. The molecule has 1 aliphatic heterocycles. The van der Waals surface area contributed by atoms with Crippen LogP contribution in [0, 0.1) is 0 Å². The fourth-order valence-corrected chi connectivity index (χ4v) is 5.08. The number of ether oxygens (including phenoxy) is 1. The average molecular weight is 436 g/mol. The molecule has 6 heteroatoms. The molecule has 1 unspecified atom stereocenters. The number of amides is 1. The van der Waals surface area contributed by atoms with Crippen LogP contribution in [0.3, 0.4) is 0 Å². The van der Waals surface area contributed by atoms with Gasteiger partial charge in [0.2, 0.25) is 0 Å². The van der Waals surface area contributed by atoms with Gasteiger partial charge in [-0.3, -0.25) is 9.52 Å². The van der Waals surface area contributed by atoms with E-state index in [0.717, 1.165) is 34.7 Å². The summed E-state index contributed by atoms with van der Waals surface area (Å²) in [4.78, 5) is 11.9. The highest BCUT2D eigenvalue weighted by Crippen LogP contribution is 2.40. The number of carbonyl (C=O) groups is 1. The molecule has 0 aromatic heterocycles. The molecule has 150 valence electrons. The van der Waals surface area contributed by atoms with Crippen molar-refractivity contribution in [1.29, 1.82) is 0 Å². The van der Waals surface area contributed by atoms with Crippen molar-refractivity contribution in [2.75, 3.05) is 0 Å². The van der Waals surface area contributed by atoms with Gasteiger partial charge in [-0.25, -0.2) is 4.21 Å². The maximum absolute atomic E-state index is 11.9. The lowest BCUT2D eigenvalue weighted by Crippen LogP contribution is -2.16. The monoisotopic (exact) mass is 435 g/mol. The Bertz CT molecular complexity index is 1190. The van der Waals surface area contributed by atoms with Gasteiger partial charge in [0.15, 0.2) is 11.0 Å². The normalized spacial score (nSPS) is 19.9. The molecule has 5 rings (SSSR count). The first-order valence-corrected chi connectivity index (χ1v) is 11.2. The summed E-state index contributed by atoms with van der Waals surface area (Å²) in [7, 11) is -1.49. The van der Waals surface area contributed by atoms with Crippen molar-refractivity contribution in [1.82, 2.24) is 4.72 Å². The maximum Gasteiger partial charge on any atom is 0.257 e. The number of hydrogen-bond acceptors (Lipinski definition) is 3. The molecular formula is C24H18ClNO3S. The second-order valence-corrected chi connectivity index (χ2v) is 8.91.